The Morgan fingerprint density at radius 3 is 2.82 bits per heavy atom. The standard InChI is InChI=1S/C15H20O2/c1-10-5-4-6-11(2)9-14-13(8-7-10)12(3)15(16)17-14/h6-7,13-14H,3-5,8-9H2,1-2H3/b10-7+,11-6+/t13-,14+/m0/s1. The van der Waals surface area contributed by atoms with Gasteiger partial charge in [0, 0.05) is 17.9 Å². The molecule has 0 aromatic heterocycles. The fourth-order valence-electron chi connectivity index (χ4n) is 2.53. The number of carbonyl (C=O) groups excluding carboxylic acids is 1. The van der Waals surface area contributed by atoms with Gasteiger partial charge in [-0.1, -0.05) is 29.9 Å². The van der Waals surface area contributed by atoms with Gasteiger partial charge in [-0.05, 0) is 33.1 Å². The molecule has 0 bridgehead atoms. The highest BCUT2D eigenvalue weighted by molar-refractivity contribution is 5.90. The zero-order valence-corrected chi connectivity index (χ0v) is 10.7. The lowest BCUT2D eigenvalue weighted by Crippen LogP contribution is -2.17. The Balaban J connectivity index is 2.23. The molecule has 0 aromatic carbocycles. The first-order valence-electron chi connectivity index (χ1n) is 6.29. The van der Waals surface area contributed by atoms with E-state index in [-0.39, 0.29) is 18.0 Å². The third-order valence-electron chi connectivity index (χ3n) is 3.69. The van der Waals surface area contributed by atoms with Gasteiger partial charge in [-0.3, -0.25) is 0 Å². The van der Waals surface area contributed by atoms with Crippen LogP contribution in [0.2, 0.25) is 0 Å². The Bertz CT molecular complexity index is 401. The van der Waals surface area contributed by atoms with Gasteiger partial charge < -0.3 is 4.74 Å². The lowest BCUT2D eigenvalue weighted by molar-refractivity contribution is -0.139. The Morgan fingerprint density at radius 1 is 1.29 bits per heavy atom. The fraction of sp³-hybridized carbons (Fsp3) is 0.533. The van der Waals surface area contributed by atoms with Crippen LogP contribution >= 0.6 is 0 Å². The molecule has 0 amide bonds. The van der Waals surface area contributed by atoms with Gasteiger partial charge in [0.1, 0.15) is 6.10 Å². The first kappa shape index (κ1) is 12.2. The van der Waals surface area contributed by atoms with Crippen LogP contribution in [-0.4, -0.2) is 12.1 Å². The van der Waals surface area contributed by atoms with E-state index in [9.17, 15) is 4.79 Å². The van der Waals surface area contributed by atoms with E-state index in [1.807, 2.05) is 0 Å². The van der Waals surface area contributed by atoms with Gasteiger partial charge in [0.15, 0.2) is 0 Å². The topological polar surface area (TPSA) is 26.3 Å². The zero-order valence-electron chi connectivity index (χ0n) is 10.7. The number of allylic oxidation sites excluding steroid dienone is 3. The highest BCUT2D eigenvalue weighted by Gasteiger charge is 2.37. The summed E-state index contributed by atoms with van der Waals surface area (Å²) in [5.74, 6) is -0.0444. The van der Waals surface area contributed by atoms with Gasteiger partial charge in [0.2, 0.25) is 0 Å². The summed E-state index contributed by atoms with van der Waals surface area (Å²) in [6.07, 6.45) is 8.41. The molecule has 0 spiro atoms. The van der Waals surface area contributed by atoms with Crippen molar-refractivity contribution in [3.8, 4) is 0 Å². The molecule has 0 aromatic rings. The lowest BCUT2D eigenvalue weighted by atomic mass is 9.88. The van der Waals surface area contributed by atoms with Crippen molar-refractivity contribution >= 4 is 5.97 Å². The molecule has 2 nitrogen and oxygen atoms in total. The van der Waals surface area contributed by atoms with Crippen LogP contribution in [-0.2, 0) is 9.53 Å². The average Bonchev–Trinajstić information content (AvgIpc) is 2.52. The third-order valence-corrected chi connectivity index (χ3v) is 3.69. The van der Waals surface area contributed by atoms with E-state index in [4.69, 9.17) is 4.74 Å². The summed E-state index contributed by atoms with van der Waals surface area (Å²) in [6, 6.07) is 0. The molecular formula is C15H20O2. The minimum absolute atomic E-state index is 0.00611. The van der Waals surface area contributed by atoms with Gasteiger partial charge in [-0.15, -0.1) is 0 Å². The van der Waals surface area contributed by atoms with Gasteiger partial charge >= 0.3 is 5.97 Å². The Hall–Kier alpha value is -1.31. The summed E-state index contributed by atoms with van der Waals surface area (Å²) in [5.41, 5.74) is 3.35. The van der Waals surface area contributed by atoms with Crippen molar-refractivity contribution in [3.05, 3.63) is 35.5 Å². The third kappa shape index (κ3) is 2.68. The van der Waals surface area contributed by atoms with Crippen molar-refractivity contribution in [1.29, 1.82) is 0 Å². The summed E-state index contributed by atoms with van der Waals surface area (Å²) in [7, 11) is 0. The summed E-state index contributed by atoms with van der Waals surface area (Å²) >= 11 is 0. The van der Waals surface area contributed by atoms with E-state index >= 15 is 0 Å². The minimum atomic E-state index is -0.210. The van der Waals surface area contributed by atoms with Gasteiger partial charge in [0.25, 0.3) is 0 Å². The highest BCUT2D eigenvalue weighted by Crippen LogP contribution is 2.34. The van der Waals surface area contributed by atoms with Crippen molar-refractivity contribution < 1.29 is 9.53 Å². The van der Waals surface area contributed by atoms with Gasteiger partial charge in [-0.25, -0.2) is 4.79 Å². The lowest BCUT2D eigenvalue weighted by Gasteiger charge is -2.18. The smallest absolute Gasteiger partial charge is 0.334 e. The van der Waals surface area contributed by atoms with E-state index in [0.29, 0.717) is 5.57 Å². The number of esters is 1. The SMILES string of the molecule is C=C1C(=O)O[C@@H]2C/C(C)=C/CC/C(C)=C/C[C@@H]12. The molecule has 2 aliphatic rings. The van der Waals surface area contributed by atoms with Crippen molar-refractivity contribution in [3.63, 3.8) is 0 Å². The van der Waals surface area contributed by atoms with Gasteiger partial charge in [0.05, 0.1) is 0 Å². The molecule has 17 heavy (non-hydrogen) atoms. The van der Waals surface area contributed by atoms with Crippen LogP contribution in [0.3, 0.4) is 0 Å². The number of hydrogen-bond donors (Lipinski definition) is 0. The number of fused-ring (bicyclic) bond motifs is 1. The molecule has 2 rings (SSSR count). The molecule has 1 aliphatic heterocycles. The Labute approximate surface area is 103 Å². The molecule has 0 radical (unpaired) electrons. The largest absolute Gasteiger partial charge is 0.458 e. The second-order valence-corrected chi connectivity index (χ2v) is 5.15. The number of carbonyl (C=O) groups is 1. The van der Waals surface area contributed by atoms with Crippen molar-refractivity contribution in [2.24, 2.45) is 5.92 Å². The van der Waals surface area contributed by atoms with Crippen LogP contribution in [0.4, 0.5) is 0 Å². The predicted molar refractivity (Wildman–Crippen MR) is 68.5 cm³/mol. The van der Waals surface area contributed by atoms with E-state index < -0.39 is 0 Å². The monoisotopic (exact) mass is 232 g/mol. The van der Waals surface area contributed by atoms with Gasteiger partial charge in [-0.2, -0.15) is 0 Å². The highest BCUT2D eigenvalue weighted by atomic mass is 16.6. The Morgan fingerprint density at radius 2 is 2.06 bits per heavy atom. The van der Waals surface area contributed by atoms with Crippen LogP contribution in [0.25, 0.3) is 0 Å². The summed E-state index contributed by atoms with van der Waals surface area (Å²) in [4.78, 5) is 11.6. The summed E-state index contributed by atoms with van der Waals surface area (Å²) < 4.78 is 5.41. The van der Waals surface area contributed by atoms with Crippen LogP contribution in [0.5, 0.6) is 0 Å². The quantitative estimate of drug-likeness (QED) is 0.363. The maximum atomic E-state index is 11.6. The number of hydrogen-bond acceptors (Lipinski definition) is 2. The molecule has 0 unspecified atom stereocenters. The Kier molecular flexibility index (Phi) is 3.51. The second-order valence-electron chi connectivity index (χ2n) is 5.15. The summed E-state index contributed by atoms with van der Waals surface area (Å²) in [5, 5.41) is 0. The molecule has 1 saturated heterocycles. The summed E-state index contributed by atoms with van der Waals surface area (Å²) in [6.45, 7) is 8.14. The zero-order chi connectivity index (χ0) is 12.4. The molecule has 2 atom stereocenters. The number of ether oxygens (including phenoxy) is 1. The van der Waals surface area contributed by atoms with E-state index in [2.05, 4.69) is 32.6 Å². The van der Waals surface area contributed by atoms with Crippen LogP contribution in [0.1, 0.15) is 39.5 Å². The van der Waals surface area contributed by atoms with E-state index in [1.165, 1.54) is 11.1 Å². The molecule has 0 N–H and O–H groups in total. The maximum absolute atomic E-state index is 11.6. The first-order valence-corrected chi connectivity index (χ1v) is 6.29. The molecule has 1 heterocycles. The average molecular weight is 232 g/mol. The predicted octanol–water partition coefficient (Wildman–Crippen LogP) is 3.55. The minimum Gasteiger partial charge on any atom is -0.458 e. The van der Waals surface area contributed by atoms with Crippen molar-refractivity contribution in [2.75, 3.05) is 0 Å². The van der Waals surface area contributed by atoms with Crippen LogP contribution in [0, 0.1) is 5.92 Å². The van der Waals surface area contributed by atoms with Crippen LogP contribution < -0.4 is 0 Å². The maximum Gasteiger partial charge on any atom is 0.334 e. The molecule has 0 saturated carbocycles. The normalized spacial score (nSPS) is 36.4. The molecular weight excluding hydrogens is 212 g/mol. The number of rotatable bonds is 0. The second kappa shape index (κ2) is 4.91. The molecule has 2 heteroatoms. The first-order chi connectivity index (χ1) is 8.08. The fourth-order valence-corrected chi connectivity index (χ4v) is 2.53. The van der Waals surface area contributed by atoms with Crippen LogP contribution in [0.15, 0.2) is 35.5 Å². The molecule has 1 aliphatic carbocycles. The van der Waals surface area contributed by atoms with E-state index in [0.717, 1.165) is 25.7 Å². The van der Waals surface area contributed by atoms with Crippen molar-refractivity contribution in [1.82, 2.24) is 0 Å². The van der Waals surface area contributed by atoms with E-state index in [1.54, 1.807) is 0 Å². The van der Waals surface area contributed by atoms with Crippen molar-refractivity contribution in [2.45, 2.75) is 45.6 Å². The molecule has 1 fully saturated rings. The molecule has 92 valence electrons.